The molecule has 7 heteroatoms. The van der Waals surface area contributed by atoms with Gasteiger partial charge in [-0.15, -0.1) is 0 Å². The highest BCUT2D eigenvalue weighted by molar-refractivity contribution is 5.96. The van der Waals surface area contributed by atoms with Gasteiger partial charge >= 0.3 is 5.97 Å². The van der Waals surface area contributed by atoms with Crippen molar-refractivity contribution in [2.45, 2.75) is 6.92 Å². The van der Waals surface area contributed by atoms with E-state index >= 15 is 0 Å². The minimum absolute atomic E-state index is 0.0732. The molecule has 0 amide bonds. The van der Waals surface area contributed by atoms with Crippen LogP contribution in [0.1, 0.15) is 22.8 Å². The first-order chi connectivity index (χ1) is 11.5. The highest BCUT2D eigenvalue weighted by Crippen LogP contribution is 2.34. The molecule has 0 aliphatic heterocycles. The number of pyridine rings is 1. The smallest absolute Gasteiger partial charge is 0.344 e. The van der Waals surface area contributed by atoms with Crippen molar-refractivity contribution in [3.8, 4) is 17.4 Å². The van der Waals surface area contributed by atoms with E-state index in [1.165, 1.54) is 25.4 Å². The Hall–Kier alpha value is -2.96. The first-order valence-electron chi connectivity index (χ1n) is 7.01. The van der Waals surface area contributed by atoms with Crippen molar-refractivity contribution < 1.29 is 27.8 Å². The summed E-state index contributed by atoms with van der Waals surface area (Å²) < 4.78 is 43.1. The van der Waals surface area contributed by atoms with Crippen LogP contribution in [0.4, 0.5) is 8.78 Å². The molecular formula is C17H15F2NO4. The van der Waals surface area contributed by atoms with Gasteiger partial charge in [0.15, 0.2) is 11.6 Å². The Morgan fingerprint density at radius 1 is 1.33 bits per heavy atom. The lowest BCUT2D eigenvalue weighted by atomic mass is 10.1. The average molecular weight is 335 g/mol. The van der Waals surface area contributed by atoms with E-state index in [0.29, 0.717) is 5.56 Å². The monoisotopic (exact) mass is 335 g/mol. The van der Waals surface area contributed by atoms with Crippen LogP contribution in [0.15, 0.2) is 31.0 Å². The Labute approximate surface area is 137 Å². The zero-order chi connectivity index (χ0) is 17.7. The fourth-order valence-corrected chi connectivity index (χ4v) is 1.97. The predicted octanol–water partition coefficient (Wildman–Crippen LogP) is 3.98. The minimum atomic E-state index is -1.04. The number of hydrogen-bond acceptors (Lipinski definition) is 5. The minimum Gasteiger partial charge on any atom is -0.494 e. The van der Waals surface area contributed by atoms with E-state index in [0.717, 1.165) is 12.1 Å². The Morgan fingerprint density at radius 3 is 2.71 bits per heavy atom. The number of carbonyl (C=O) groups is 1. The number of methoxy groups -OCH3 is 1. The molecule has 1 aromatic heterocycles. The van der Waals surface area contributed by atoms with Crippen molar-refractivity contribution in [3.05, 3.63) is 53.7 Å². The zero-order valence-corrected chi connectivity index (χ0v) is 13.1. The number of ether oxygens (including phenoxy) is 3. The molecule has 0 aliphatic rings. The number of rotatable bonds is 6. The Kier molecular flexibility index (Phi) is 5.47. The second-order valence-corrected chi connectivity index (χ2v) is 4.50. The van der Waals surface area contributed by atoms with Crippen LogP contribution < -0.4 is 9.47 Å². The van der Waals surface area contributed by atoms with Gasteiger partial charge in [0.05, 0.1) is 13.7 Å². The van der Waals surface area contributed by atoms with E-state index < -0.39 is 23.4 Å². The SMILES string of the molecule is C=Cc1ccnc(Oc2c(F)ccc(OC)c2F)c1C(=O)OCC. The molecule has 0 spiro atoms. The third-order valence-electron chi connectivity index (χ3n) is 3.08. The fraction of sp³-hybridized carbons (Fsp3) is 0.176. The lowest BCUT2D eigenvalue weighted by Crippen LogP contribution is -2.10. The number of aromatic nitrogens is 1. The molecule has 0 fully saturated rings. The number of esters is 1. The van der Waals surface area contributed by atoms with Crippen LogP contribution in [0.3, 0.4) is 0 Å². The molecule has 2 aromatic rings. The molecule has 0 aliphatic carbocycles. The van der Waals surface area contributed by atoms with Crippen molar-refractivity contribution >= 4 is 12.0 Å². The number of carbonyl (C=O) groups excluding carboxylic acids is 1. The van der Waals surface area contributed by atoms with Crippen LogP contribution in [-0.4, -0.2) is 24.7 Å². The molecule has 1 heterocycles. The van der Waals surface area contributed by atoms with Gasteiger partial charge in [0.1, 0.15) is 5.56 Å². The number of benzene rings is 1. The van der Waals surface area contributed by atoms with E-state index in [1.807, 2.05) is 0 Å². The number of hydrogen-bond donors (Lipinski definition) is 0. The maximum absolute atomic E-state index is 14.2. The molecule has 0 saturated carbocycles. The molecule has 0 unspecified atom stereocenters. The predicted molar refractivity (Wildman–Crippen MR) is 83.3 cm³/mol. The summed E-state index contributed by atoms with van der Waals surface area (Å²) in [6, 6.07) is 3.61. The van der Waals surface area contributed by atoms with Gasteiger partial charge in [-0.2, -0.15) is 4.39 Å². The Bertz CT molecular complexity index is 777. The van der Waals surface area contributed by atoms with Gasteiger partial charge < -0.3 is 14.2 Å². The van der Waals surface area contributed by atoms with Crippen molar-refractivity contribution in [3.63, 3.8) is 0 Å². The van der Waals surface area contributed by atoms with E-state index in [-0.39, 0.29) is 23.8 Å². The molecule has 2 rings (SSSR count). The summed E-state index contributed by atoms with van der Waals surface area (Å²) in [6.07, 6.45) is 2.71. The maximum Gasteiger partial charge on any atom is 0.344 e. The van der Waals surface area contributed by atoms with Gasteiger partial charge in [0.25, 0.3) is 0 Å². The van der Waals surface area contributed by atoms with Crippen LogP contribution in [0.25, 0.3) is 6.08 Å². The molecule has 0 radical (unpaired) electrons. The van der Waals surface area contributed by atoms with Gasteiger partial charge in [0.2, 0.25) is 17.4 Å². The van der Waals surface area contributed by atoms with Crippen molar-refractivity contribution in [2.75, 3.05) is 13.7 Å². The average Bonchev–Trinajstić information content (AvgIpc) is 2.58. The van der Waals surface area contributed by atoms with E-state index in [2.05, 4.69) is 11.6 Å². The molecule has 24 heavy (non-hydrogen) atoms. The highest BCUT2D eigenvalue weighted by atomic mass is 19.1. The first-order valence-corrected chi connectivity index (χ1v) is 7.01. The van der Waals surface area contributed by atoms with Gasteiger partial charge in [0, 0.05) is 6.20 Å². The summed E-state index contributed by atoms with van der Waals surface area (Å²) >= 11 is 0. The number of nitrogens with zero attached hydrogens (tertiary/aromatic N) is 1. The molecule has 126 valence electrons. The second-order valence-electron chi connectivity index (χ2n) is 4.50. The molecule has 0 bridgehead atoms. The summed E-state index contributed by atoms with van der Waals surface area (Å²) in [5.41, 5.74) is 0.290. The molecule has 0 saturated heterocycles. The van der Waals surface area contributed by atoms with Gasteiger partial charge in [-0.05, 0) is 30.7 Å². The topological polar surface area (TPSA) is 57.7 Å². The van der Waals surface area contributed by atoms with Gasteiger partial charge in [-0.25, -0.2) is 14.2 Å². The Balaban J connectivity index is 2.55. The summed E-state index contributed by atoms with van der Waals surface area (Å²) in [6.45, 7) is 5.33. The zero-order valence-electron chi connectivity index (χ0n) is 13.1. The first kappa shape index (κ1) is 17.4. The van der Waals surface area contributed by atoms with Crippen LogP contribution in [-0.2, 0) is 4.74 Å². The van der Waals surface area contributed by atoms with Crippen molar-refractivity contribution in [1.82, 2.24) is 4.98 Å². The quantitative estimate of drug-likeness (QED) is 0.747. The van der Waals surface area contributed by atoms with Crippen LogP contribution >= 0.6 is 0 Å². The Morgan fingerprint density at radius 2 is 2.08 bits per heavy atom. The molecule has 0 N–H and O–H groups in total. The largest absolute Gasteiger partial charge is 0.494 e. The van der Waals surface area contributed by atoms with Gasteiger partial charge in [-0.3, -0.25) is 0 Å². The highest BCUT2D eigenvalue weighted by Gasteiger charge is 2.23. The van der Waals surface area contributed by atoms with E-state index in [9.17, 15) is 13.6 Å². The summed E-state index contributed by atoms with van der Waals surface area (Å²) in [7, 11) is 1.24. The lowest BCUT2D eigenvalue weighted by molar-refractivity contribution is 0.0522. The van der Waals surface area contributed by atoms with Crippen LogP contribution in [0.5, 0.6) is 17.4 Å². The summed E-state index contributed by atoms with van der Waals surface area (Å²) in [5, 5.41) is 0. The van der Waals surface area contributed by atoms with Crippen molar-refractivity contribution in [1.29, 1.82) is 0 Å². The third-order valence-corrected chi connectivity index (χ3v) is 3.08. The van der Waals surface area contributed by atoms with Crippen LogP contribution in [0.2, 0.25) is 0 Å². The normalized spacial score (nSPS) is 10.2. The molecule has 1 aromatic carbocycles. The summed E-state index contributed by atoms with van der Waals surface area (Å²) in [4.78, 5) is 16.0. The maximum atomic E-state index is 14.2. The molecular weight excluding hydrogens is 320 g/mol. The van der Waals surface area contributed by atoms with Gasteiger partial charge in [-0.1, -0.05) is 12.7 Å². The molecule has 0 atom stereocenters. The van der Waals surface area contributed by atoms with Crippen molar-refractivity contribution in [2.24, 2.45) is 0 Å². The van der Waals surface area contributed by atoms with E-state index in [4.69, 9.17) is 14.2 Å². The summed E-state index contributed by atoms with van der Waals surface area (Å²) in [5.74, 6) is -3.97. The molecule has 5 nitrogen and oxygen atoms in total. The van der Waals surface area contributed by atoms with E-state index in [1.54, 1.807) is 6.92 Å². The standard InChI is InChI=1S/C17H15F2NO4/c1-4-10-8-9-20-16(13(10)17(21)23-5-2)24-15-11(18)6-7-12(22-3)14(15)19/h4,6-9H,1,5H2,2-3H3. The lowest BCUT2D eigenvalue weighted by Gasteiger charge is -2.13. The van der Waals surface area contributed by atoms with Crippen LogP contribution in [0, 0.1) is 11.6 Å². The fourth-order valence-electron chi connectivity index (χ4n) is 1.97. The second kappa shape index (κ2) is 7.54. The number of halogens is 2. The third kappa shape index (κ3) is 3.34.